The van der Waals surface area contributed by atoms with E-state index in [1.54, 1.807) is 6.92 Å². The van der Waals surface area contributed by atoms with Crippen molar-refractivity contribution >= 4 is 29.1 Å². The van der Waals surface area contributed by atoms with Crippen LogP contribution in [0.3, 0.4) is 0 Å². The maximum atomic E-state index is 12.2. The van der Waals surface area contributed by atoms with E-state index < -0.39 is 0 Å². The van der Waals surface area contributed by atoms with Crippen molar-refractivity contribution in [2.75, 3.05) is 6.61 Å². The molecule has 0 fully saturated rings. The number of pyridine rings is 1. The summed E-state index contributed by atoms with van der Waals surface area (Å²) in [4.78, 5) is 16.2. The van der Waals surface area contributed by atoms with Crippen LogP contribution in [0.1, 0.15) is 43.2 Å². The van der Waals surface area contributed by atoms with Gasteiger partial charge in [0.2, 0.25) is 0 Å². The Morgan fingerprint density at radius 2 is 2.00 bits per heavy atom. The molecule has 1 aromatic heterocycles. The van der Waals surface area contributed by atoms with E-state index in [1.165, 1.54) is 6.20 Å². The first-order chi connectivity index (χ1) is 9.15. The minimum absolute atomic E-state index is 0.00631. The highest BCUT2D eigenvalue weighted by atomic mass is 35.5. The summed E-state index contributed by atoms with van der Waals surface area (Å²) in [6, 6.07) is -0.335. The molecule has 0 aromatic carbocycles. The lowest BCUT2D eigenvalue weighted by Gasteiger charge is -2.25. The number of aryl methyl sites for hydroxylation is 1. The molecular weight excluding hydrogens is 299 g/mol. The molecule has 1 heterocycles. The van der Waals surface area contributed by atoms with Gasteiger partial charge < -0.3 is 10.4 Å². The standard InChI is InChI=1S/C14H20Cl2N2O2/c1-8-11(15)12(16)10(6-17-8)13(20)18-9(7-19)5-14(2,3)4/h6,9,19H,5,7H2,1-4H3,(H,18,20). The molecule has 6 heteroatoms. The van der Waals surface area contributed by atoms with E-state index in [0.717, 1.165) is 0 Å². The zero-order chi connectivity index (χ0) is 15.5. The third kappa shape index (κ3) is 4.62. The maximum Gasteiger partial charge on any atom is 0.254 e. The van der Waals surface area contributed by atoms with Crippen molar-refractivity contribution in [2.45, 2.75) is 40.2 Å². The smallest absolute Gasteiger partial charge is 0.254 e. The number of carbonyl (C=O) groups is 1. The SMILES string of the molecule is Cc1ncc(C(=O)NC(CO)CC(C)(C)C)c(Cl)c1Cl. The van der Waals surface area contributed by atoms with Gasteiger partial charge in [-0.25, -0.2) is 0 Å². The predicted molar refractivity (Wildman–Crippen MR) is 81.4 cm³/mol. The van der Waals surface area contributed by atoms with Crippen molar-refractivity contribution in [3.8, 4) is 0 Å². The minimum atomic E-state index is -0.382. The molecule has 0 aliphatic rings. The number of nitrogens with one attached hydrogen (secondary N) is 1. The Hall–Kier alpha value is -0.840. The minimum Gasteiger partial charge on any atom is -0.394 e. The van der Waals surface area contributed by atoms with Gasteiger partial charge in [-0.15, -0.1) is 0 Å². The number of amides is 1. The van der Waals surface area contributed by atoms with Crippen LogP contribution < -0.4 is 5.32 Å². The van der Waals surface area contributed by atoms with Gasteiger partial charge in [-0.1, -0.05) is 44.0 Å². The Kier molecular flexibility index (Phi) is 5.80. The molecule has 4 nitrogen and oxygen atoms in total. The van der Waals surface area contributed by atoms with Crippen LogP contribution in [0.4, 0.5) is 0 Å². The van der Waals surface area contributed by atoms with Crippen molar-refractivity contribution in [1.29, 1.82) is 0 Å². The summed E-state index contributed by atoms with van der Waals surface area (Å²) in [6.45, 7) is 7.71. The van der Waals surface area contributed by atoms with Crippen molar-refractivity contribution in [3.05, 3.63) is 27.5 Å². The first-order valence-electron chi connectivity index (χ1n) is 6.38. The van der Waals surface area contributed by atoms with Crippen molar-refractivity contribution in [3.63, 3.8) is 0 Å². The van der Waals surface area contributed by atoms with Crippen LogP contribution in [-0.4, -0.2) is 28.6 Å². The highest BCUT2D eigenvalue weighted by Crippen LogP contribution is 2.28. The molecule has 0 saturated carbocycles. The topological polar surface area (TPSA) is 62.2 Å². The van der Waals surface area contributed by atoms with Crippen molar-refractivity contribution < 1.29 is 9.90 Å². The van der Waals surface area contributed by atoms with Crippen LogP contribution in [0.5, 0.6) is 0 Å². The largest absolute Gasteiger partial charge is 0.394 e. The molecule has 0 aliphatic heterocycles. The maximum absolute atomic E-state index is 12.2. The molecule has 0 spiro atoms. The number of nitrogens with zero attached hydrogens (tertiary/aromatic N) is 1. The summed E-state index contributed by atoms with van der Waals surface area (Å²) in [6.07, 6.45) is 2.05. The molecule has 1 atom stereocenters. The molecule has 112 valence electrons. The van der Waals surface area contributed by atoms with Gasteiger partial charge in [0.25, 0.3) is 5.91 Å². The molecular formula is C14H20Cl2N2O2. The van der Waals surface area contributed by atoms with E-state index in [-0.39, 0.29) is 39.6 Å². The van der Waals surface area contributed by atoms with Crippen molar-refractivity contribution in [2.24, 2.45) is 5.41 Å². The lowest BCUT2D eigenvalue weighted by atomic mass is 9.88. The monoisotopic (exact) mass is 318 g/mol. The zero-order valence-electron chi connectivity index (χ0n) is 12.1. The van der Waals surface area contributed by atoms with Gasteiger partial charge in [0.05, 0.1) is 34.0 Å². The van der Waals surface area contributed by atoms with Crippen LogP contribution in [0.25, 0.3) is 0 Å². The molecule has 20 heavy (non-hydrogen) atoms. The van der Waals surface area contributed by atoms with E-state index >= 15 is 0 Å². The predicted octanol–water partition coefficient (Wildman–Crippen LogP) is 3.22. The summed E-state index contributed by atoms with van der Waals surface area (Å²) in [5.74, 6) is -0.382. The molecule has 0 radical (unpaired) electrons. The molecule has 1 aromatic rings. The second-order valence-corrected chi connectivity index (χ2v) is 6.76. The molecule has 1 rings (SSSR count). The van der Waals surface area contributed by atoms with Crippen LogP contribution >= 0.6 is 23.2 Å². The Labute approximate surface area is 129 Å². The molecule has 0 aliphatic carbocycles. The van der Waals surface area contributed by atoms with Gasteiger partial charge in [0.1, 0.15) is 0 Å². The summed E-state index contributed by atoms with van der Waals surface area (Å²) in [7, 11) is 0. The highest BCUT2D eigenvalue weighted by Gasteiger charge is 2.22. The first-order valence-corrected chi connectivity index (χ1v) is 7.13. The summed E-state index contributed by atoms with van der Waals surface area (Å²) in [5, 5.41) is 12.6. The molecule has 0 saturated heterocycles. The van der Waals surface area contributed by atoms with Gasteiger partial charge in [0.15, 0.2) is 0 Å². The Bertz CT molecular complexity index is 499. The first kappa shape index (κ1) is 17.2. The van der Waals surface area contributed by atoms with Crippen LogP contribution in [0.2, 0.25) is 10.0 Å². The molecule has 1 amide bonds. The lowest BCUT2D eigenvalue weighted by Crippen LogP contribution is -2.40. The highest BCUT2D eigenvalue weighted by molar-refractivity contribution is 6.44. The van der Waals surface area contributed by atoms with Gasteiger partial charge in [-0.2, -0.15) is 0 Å². The second kappa shape index (κ2) is 6.74. The Morgan fingerprint density at radius 1 is 1.40 bits per heavy atom. The van der Waals surface area contributed by atoms with Crippen LogP contribution in [0.15, 0.2) is 6.20 Å². The number of halogens is 2. The van der Waals surface area contributed by atoms with Gasteiger partial charge in [-0.05, 0) is 18.8 Å². The fourth-order valence-corrected chi connectivity index (χ4v) is 2.30. The number of aromatic nitrogens is 1. The summed E-state index contributed by atoms with van der Waals surface area (Å²) in [5.41, 5.74) is 0.782. The summed E-state index contributed by atoms with van der Waals surface area (Å²) < 4.78 is 0. The van der Waals surface area contributed by atoms with E-state index in [9.17, 15) is 9.90 Å². The molecule has 2 N–H and O–H groups in total. The van der Waals surface area contributed by atoms with Crippen LogP contribution in [-0.2, 0) is 0 Å². The van der Waals surface area contributed by atoms with E-state index in [1.807, 2.05) is 20.8 Å². The van der Waals surface area contributed by atoms with E-state index in [4.69, 9.17) is 23.2 Å². The van der Waals surface area contributed by atoms with E-state index in [2.05, 4.69) is 10.3 Å². The number of carbonyl (C=O) groups excluding carboxylic acids is 1. The molecule has 0 bridgehead atoms. The number of aliphatic hydroxyl groups excluding tert-OH is 1. The fourth-order valence-electron chi connectivity index (χ4n) is 1.87. The Balaban J connectivity index is 2.88. The average molecular weight is 319 g/mol. The Morgan fingerprint density at radius 3 is 2.50 bits per heavy atom. The number of hydrogen-bond acceptors (Lipinski definition) is 3. The quantitative estimate of drug-likeness (QED) is 0.896. The number of aliphatic hydroxyl groups is 1. The average Bonchev–Trinajstić information content (AvgIpc) is 2.33. The second-order valence-electron chi connectivity index (χ2n) is 6.00. The van der Waals surface area contributed by atoms with E-state index in [0.29, 0.717) is 12.1 Å². The fraction of sp³-hybridized carbons (Fsp3) is 0.571. The van der Waals surface area contributed by atoms with Gasteiger partial charge >= 0.3 is 0 Å². The van der Waals surface area contributed by atoms with Gasteiger partial charge in [-0.3, -0.25) is 9.78 Å². The normalized spacial score (nSPS) is 13.2. The van der Waals surface area contributed by atoms with Gasteiger partial charge in [0, 0.05) is 6.20 Å². The molecule has 1 unspecified atom stereocenters. The number of hydrogen-bond donors (Lipinski definition) is 2. The third-order valence-electron chi connectivity index (χ3n) is 2.79. The third-order valence-corrected chi connectivity index (χ3v) is 3.74. The zero-order valence-corrected chi connectivity index (χ0v) is 13.6. The number of rotatable bonds is 4. The lowest BCUT2D eigenvalue weighted by molar-refractivity contribution is 0.0897. The van der Waals surface area contributed by atoms with Crippen molar-refractivity contribution in [1.82, 2.24) is 10.3 Å². The van der Waals surface area contributed by atoms with Crippen LogP contribution in [0, 0.1) is 12.3 Å². The summed E-state index contributed by atoms with van der Waals surface area (Å²) >= 11 is 12.0.